The second-order valence-electron chi connectivity index (χ2n) is 7.51. The molecule has 0 radical (unpaired) electrons. The van der Waals surface area contributed by atoms with E-state index < -0.39 is 0 Å². The molecule has 0 bridgehead atoms. The maximum absolute atomic E-state index is 12.5. The fraction of sp³-hybridized carbons (Fsp3) is 0.304. The second kappa shape index (κ2) is 7.40. The van der Waals surface area contributed by atoms with Gasteiger partial charge in [-0.2, -0.15) is 0 Å². The van der Waals surface area contributed by atoms with Crippen LogP contribution in [0.5, 0.6) is 17.2 Å². The molecule has 1 N–H and O–H groups in total. The summed E-state index contributed by atoms with van der Waals surface area (Å²) in [4.78, 5) is 24.4. The van der Waals surface area contributed by atoms with E-state index in [4.69, 9.17) is 18.6 Å². The van der Waals surface area contributed by atoms with Gasteiger partial charge in [-0.25, -0.2) is 0 Å². The summed E-state index contributed by atoms with van der Waals surface area (Å²) in [5.74, 6) is 2.10. The van der Waals surface area contributed by atoms with Crippen LogP contribution in [-0.4, -0.2) is 25.1 Å². The predicted octanol–water partition coefficient (Wildman–Crippen LogP) is 4.26. The number of rotatable bonds is 5. The molecular formula is C23H21NO6. The average Bonchev–Trinajstić information content (AvgIpc) is 3.35. The van der Waals surface area contributed by atoms with E-state index in [2.05, 4.69) is 5.32 Å². The van der Waals surface area contributed by atoms with Gasteiger partial charge in [-0.3, -0.25) is 9.59 Å². The molecule has 0 spiro atoms. The molecule has 3 aromatic rings. The lowest BCUT2D eigenvalue weighted by atomic mass is 9.96. The molecule has 0 unspecified atom stereocenters. The van der Waals surface area contributed by atoms with Gasteiger partial charge in [0.15, 0.2) is 23.9 Å². The number of carbonyl (C=O) groups excluding carboxylic acids is 2. The number of ketones is 1. The summed E-state index contributed by atoms with van der Waals surface area (Å²) in [6, 6.07) is 8.79. The minimum Gasteiger partial charge on any atom is -0.484 e. The summed E-state index contributed by atoms with van der Waals surface area (Å²) in [5.41, 5.74) is 2.83. The quantitative estimate of drug-likeness (QED) is 0.636. The Morgan fingerprint density at radius 3 is 2.70 bits per heavy atom. The van der Waals surface area contributed by atoms with Crippen molar-refractivity contribution in [1.82, 2.24) is 0 Å². The van der Waals surface area contributed by atoms with Gasteiger partial charge >= 0.3 is 0 Å². The number of carbonyl (C=O) groups is 2. The molecular weight excluding hydrogens is 386 g/mol. The highest BCUT2D eigenvalue weighted by Crippen LogP contribution is 2.37. The fourth-order valence-corrected chi connectivity index (χ4v) is 4.00. The lowest BCUT2D eigenvalue weighted by molar-refractivity contribution is -0.118. The maximum atomic E-state index is 12.5. The number of anilines is 1. The molecule has 1 aromatic heterocycles. The fourth-order valence-electron chi connectivity index (χ4n) is 4.00. The number of ether oxygens (including phenoxy) is 3. The molecule has 0 saturated carbocycles. The van der Waals surface area contributed by atoms with Gasteiger partial charge in [0.1, 0.15) is 17.1 Å². The minimum absolute atomic E-state index is 0.0907. The first-order valence-corrected chi connectivity index (χ1v) is 10.00. The van der Waals surface area contributed by atoms with Gasteiger partial charge in [0, 0.05) is 29.0 Å². The molecule has 2 aromatic carbocycles. The highest BCUT2D eigenvalue weighted by molar-refractivity contribution is 6.05. The minimum atomic E-state index is -0.370. The van der Waals surface area contributed by atoms with E-state index >= 15 is 0 Å². The van der Waals surface area contributed by atoms with E-state index in [0.717, 1.165) is 42.4 Å². The standard InChI is InChI=1S/C23H21NO6/c1-13(25)16-9-21-22(29-12-28-21)10-18(16)24-23(26)11-27-14-6-7-20-17(8-14)15-4-2-3-5-19(15)30-20/h6-10H,2-5,11-12H2,1H3,(H,24,26). The van der Waals surface area contributed by atoms with Crippen LogP contribution in [0.25, 0.3) is 11.0 Å². The molecule has 7 heteroatoms. The van der Waals surface area contributed by atoms with Gasteiger partial charge in [0.25, 0.3) is 5.91 Å². The molecule has 0 atom stereocenters. The zero-order valence-electron chi connectivity index (χ0n) is 16.6. The highest BCUT2D eigenvalue weighted by atomic mass is 16.7. The number of nitrogens with one attached hydrogen (secondary N) is 1. The van der Waals surface area contributed by atoms with Crippen LogP contribution in [0.3, 0.4) is 0 Å². The first-order valence-electron chi connectivity index (χ1n) is 10.00. The smallest absolute Gasteiger partial charge is 0.262 e. The molecule has 0 fully saturated rings. The van der Waals surface area contributed by atoms with Crippen molar-refractivity contribution in [1.29, 1.82) is 0 Å². The van der Waals surface area contributed by atoms with Crippen LogP contribution < -0.4 is 19.5 Å². The Labute approximate surface area is 172 Å². The van der Waals surface area contributed by atoms with E-state index in [1.54, 1.807) is 18.2 Å². The van der Waals surface area contributed by atoms with E-state index in [1.807, 2.05) is 12.1 Å². The Hall–Kier alpha value is -3.48. The number of fused-ring (bicyclic) bond motifs is 4. The molecule has 154 valence electrons. The van der Waals surface area contributed by atoms with Gasteiger partial charge in [-0.1, -0.05) is 0 Å². The number of benzene rings is 2. The van der Waals surface area contributed by atoms with Gasteiger partial charge in [0.2, 0.25) is 6.79 Å². The Kier molecular flexibility index (Phi) is 4.58. The third-order valence-electron chi connectivity index (χ3n) is 5.46. The second-order valence-corrected chi connectivity index (χ2v) is 7.51. The van der Waals surface area contributed by atoms with Crippen molar-refractivity contribution in [2.45, 2.75) is 32.6 Å². The summed E-state index contributed by atoms with van der Waals surface area (Å²) >= 11 is 0. The summed E-state index contributed by atoms with van der Waals surface area (Å²) in [7, 11) is 0. The highest BCUT2D eigenvalue weighted by Gasteiger charge is 2.21. The number of hydrogen-bond donors (Lipinski definition) is 1. The largest absolute Gasteiger partial charge is 0.484 e. The van der Waals surface area contributed by atoms with E-state index in [-0.39, 0.29) is 25.1 Å². The molecule has 2 aliphatic rings. The number of Topliss-reactive ketones (excluding diaryl/α,β-unsaturated/α-hetero) is 1. The molecule has 5 rings (SSSR count). The van der Waals surface area contributed by atoms with Crippen LogP contribution in [0, 0.1) is 0 Å². The van der Waals surface area contributed by atoms with Gasteiger partial charge in [-0.15, -0.1) is 0 Å². The Bertz CT molecular complexity index is 1160. The van der Waals surface area contributed by atoms with E-state index in [9.17, 15) is 9.59 Å². The van der Waals surface area contributed by atoms with Crippen molar-refractivity contribution in [2.75, 3.05) is 18.7 Å². The van der Waals surface area contributed by atoms with Crippen molar-refractivity contribution in [3.8, 4) is 17.2 Å². The van der Waals surface area contributed by atoms with Crippen LogP contribution in [0.2, 0.25) is 0 Å². The number of aryl methyl sites for hydroxylation is 2. The zero-order chi connectivity index (χ0) is 20.7. The SMILES string of the molecule is CC(=O)c1cc2c(cc1NC(=O)COc1ccc3oc4c(c3c1)CCCC4)OCO2. The van der Waals surface area contributed by atoms with E-state index in [1.165, 1.54) is 12.5 Å². The number of hydrogen-bond acceptors (Lipinski definition) is 6. The van der Waals surface area contributed by atoms with Crippen molar-refractivity contribution in [2.24, 2.45) is 0 Å². The molecule has 2 heterocycles. The predicted molar refractivity (Wildman–Crippen MR) is 110 cm³/mol. The summed E-state index contributed by atoms with van der Waals surface area (Å²) in [6.45, 7) is 1.34. The van der Waals surface area contributed by atoms with Crippen molar-refractivity contribution in [3.63, 3.8) is 0 Å². The van der Waals surface area contributed by atoms with Gasteiger partial charge < -0.3 is 23.9 Å². The first-order chi connectivity index (χ1) is 14.6. The molecule has 1 aliphatic carbocycles. The van der Waals surface area contributed by atoms with Gasteiger partial charge in [0.05, 0.1) is 5.69 Å². The topological polar surface area (TPSA) is 87.0 Å². The zero-order valence-corrected chi connectivity index (χ0v) is 16.6. The Morgan fingerprint density at radius 2 is 1.87 bits per heavy atom. The molecule has 1 aliphatic heterocycles. The van der Waals surface area contributed by atoms with Crippen LogP contribution in [0.4, 0.5) is 5.69 Å². The van der Waals surface area contributed by atoms with Crippen LogP contribution >= 0.6 is 0 Å². The lowest BCUT2D eigenvalue weighted by Gasteiger charge is -2.12. The molecule has 7 nitrogen and oxygen atoms in total. The lowest BCUT2D eigenvalue weighted by Crippen LogP contribution is -2.21. The summed E-state index contributed by atoms with van der Waals surface area (Å²) in [5, 5.41) is 3.79. The Balaban J connectivity index is 1.30. The van der Waals surface area contributed by atoms with Crippen molar-refractivity contribution < 1.29 is 28.2 Å². The Morgan fingerprint density at radius 1 is 1.07 bits per heavy atom. The van der Waals surface area contributed by atoms with Crippen molar-refractivity contribution >= 4 is 28.3 Å². The first kappa shape index (κ1) is 18.5. The monoisotopic (exact) mass is 407 g/mol. The number of amides is 1. The van der Waals surface area contributed by atoms with Crippen LogP contribution in [0.15, 0.2) is 34.7 Å². The summed E-state index contributed by atoms with van der Waals surface area (Å²) < 4.78 is 22.3. The third kappa shape index (κ3) is 3.36. The molecule has 0 saturated heterocycles. The third-order valence-corrected chi connectivity index (χ3v) is 5.46. The maximum Gasteiger partial charge on any atom is 0.262 e. The van der Waals surface area contributed by atoms with Crippen LogP contribution in [0.1, 0.15) is 41.4 Å². The van der Waals surface area contributed by atoms with Crippen molar-refractivity contribution in [3.05, 3.63) is 47.2 Å². The number of furan rings is 1. The average molecular weight is 407 g/mol. The molecule has 1 amide bonds. The van der Waals surface area contributed by atoms with Crippen LogP contribution in [-0.2, 0) is 17.6 Å². The summed E-state index contributed by atoms with van der Waals surface area (Å²) in [6.07, 6.45) is 4.28. The van der Waals surface area contributed by atoms with Gasteiger partial charge in [-0.05, 0) is 50.5 Å². The molecule has 30 heavy (non-hydrogen) atoms. The normalized spacial score (nSPS) is 14.4. The van der Waals surface area contributed by atoms with E-state index in [0.29, 0.717) is 28.5 Å².